The molecule has 1 aromatic rings. The quantitative estimate of drug-likeness (QED) is 0.928. The van der Waals surface area contributed by atoms with Crippen molar-refractivity contribution in [3.8, 4) is 0 Å². The number of amides is 2. The van der Waals surface area contributed by atoms with E-state index in [-0.39, 0.29) is 23.2 Å². The van der Waals surface area contributed by atoms with Gasteiger partial charge in [-0.25, -0.2) is 4.79 Å². The highest BCUT2D eigenvalue weighted by Gasteiger charge is 2.61. The Morgan fingerprint density at radius 1 is 1.48 bits per heavy atom. The first-order chi connectivity index (χ1) is 11.1. The number of nitrogens with zero attached hydrogens (tertiary/aromatic N) is 2. The standard InChI is InChI=1S/C17H23N3O3/c1-2-19-9-3-5-13(15(19)21)18-16(22)20-11-17(8-4-10-23-17)14(20)12-6-7-12/h3,5,9,12,14H,2,4,6-8,10-11H2,1H3,(H,18,22). The van der Waals surface area contributed by atoms with Crippen molar-refractivity contribution in [3.05, 3.63) is 28.7 Å². The van der Waals surface area contributed by atoms with Crippen LogP contribution >= 0.6 is 0 Å². The molecule has 124 valence electrons. The van der Waals surface area contributed by atoms with Crippen molar-refractivity contribution in [3.63, 3.8) is 0 Å². The van der Waals surface area contributed by atoms with Crippen molar-refractivity contribution >= 4 is 11.7 Å². The summed E-state index contributed by atoms with van der Waals surface area (Å²) in [5, 5.41) is 2.80. The molecule has 2 saturated heterocycles. The number of likely N-dealkylation sites (tertiary alicyclic amines) is 1. The van der Waals surface area contributed by atoms with Crippen LogP contribution in [-0.2, 0) is 11.3 Å². The van der Waals surface area contributed by atoms with E-state index in [0.29, 0.717) is 24.7 Å². The van der Waals surface area contributed by atoms with Crippen LogP contribution in [0.15, 0.2) is 23.1 Å². The van der Waals surface area contributed by atoms with E-state index in [9.17, 15) is 9.59 Å². The monoisotopic (exact) mass is 317 g/mol. The van der Waals surface area contributed by atoms with Crippen LogP contribution in [0.3, 0.4) is 0 Å². The molecule has 1 spiro atoms. The summed E-state index contributed by atoms with van der Waals surface area (Å²) in [6.07, 6.45) is 6.21. The van der Waals surface area contributed by atoms with Gasteiger partial charge in [0.25, 0.3) is 5.56 Å². The molecule has 3 aliphatic rings. The topological polar surface area (TPSA) is 63.6 Å². The minimum atomic E-state index is -0.172. The smallest absolute Gasteiger partial charge is 0.322 e. The van der Waals surface area contributed by atoms with Crippen molar-refractivity contribution < 1.29 is 9.53 Å². The Morgan fingerprint density at radius 2 is 2.30 bits per heavy atom. The number of aryl methyl sites for hydroxylation is 1. The van der Waals surface area contributed by atoms with Gasteiger partial charge >= 0.3 is 6.03 Å². The minimum Gasteiger partial charge on any atom is -0.371 e. The number of carbonyl (C=O) groups is 1. The zero-order valence-corrected chi connectivity index (χ0v) is 13.5. The molecular weight excluding hydrogens is 294 g/mol. The highest BCUT2D eigenvalue weighted by Crippen LogP contribution is 2.51. The summed E-state index contributed by atoms with van der Waals surface area (Å²) in [5.74, 6) is 0.565. The third-order valence-electron chi connectivity index (χ3n) is 5.38. The van der Waals surface area contributed by atoms with E-state index in [1.807, 2.05) is 11.8 Å². The van der Waals surface area contributed by atoms with Crippen LogP contribution in [0.1, 0.15) is 32.6 Å². The first-order valence-corrected chi connectivity index (χ1v) is 8.56. The van der Waals surface area contributed by atoms with Crippen LogP contribution in [0.4, 0.5) is 10.5 Å². The van der Waals surface area contributed by atoms with E-state index in [0.717, 1.165) is 19.4 Å². The second-order valence-electron chi connectivity index (χ2n) is 6.87. The normalized spacial score (nSPS) is 29.6. The SMILES string of the molecule is CCn1cccc(NC(=O)N2CC3(CCCO3)C2C2CC2)c1=O. The summed E-state index contributed by atoms with van der Waals surface area (Å²) in [4.78, 5) is 26.8. The molecule has 6 heteroatoms. The largest absolute Gasteiger partial charge is 0.371 e. The summed E-state index contributed by atoms with van der Waals surface area (Å²) in [5.41, 5.74) is 0.0830. The Bertz CT molecular complexity index is 674. The van der Waals surface area contributed by atoms with Crippen LogP contribution in [0.2, 0.25) is 0 Å². The number of aromatic nitrogens is 1. The van der Waals surface area contributed by atoms with Crippen molar-refractivity contribution in [2.24, 2.45) is 5.92 Å². The molecule has 6 nitrogen and oxygen atoms in total. The third kappa shape index (κ3) is 2.36. The predicted octanol–water partition coefficient (Wildman–Crippen LogP) is 2.04. The fourth-order valence-corrected chi connectivity index (χ4v) is 4.09. The Labute approximate surface area is 135 Å². The molecule has 0 radical (unpaired) electrons. The number of hydrogen-bond donors (Lipinski definition) is 1. The number of nitrogens with one attached hydrogen (secondary N) is 1. The second kappa shape index (κ2) is 5.37. The maximum absolute atomic E-state index is 12.6. The molecule has 0 aromatic carbocycles. The molecule has 0 bridgehead atoms. The van der Waals surface area contributed by atoms with Gasteiger partial charge in [-0.2, -0.15) is 0 Å². The zero-order valence-electron chi connectivity index (χ0n) is 13.5. The van der Waals surface area contributed by atoms with Crippen LogP contribution < -0.4 is 10.9 Å². The van der Waals surface area contributed by atoms with Crippen molar-refractivity contribution in [1.82, 2.24) is 9.47 Å². The predicted molar refractivity (Wildman–Crippen MR) is 86.5 cm³/mol. The maximum Gasteiger partial charge on any atom is 0.322 e. The van der Waals surface area contributed by atoms with Gasteiger partial charge in [-0.15, -0.1) is 0 Å². The second-order valence-corrected chi connectivity index (χ2v) is 6.87. The molecule has 3 heterocycles. The van der Waals surface area contributed by atoms with E-state index in [2.05, 4.69) is 5.32 Å². The lowest BCUT2D eigenvalue weighted by atomic mass is 9.78. The van der Waals surface area contributed by atoms with Gasteiger partial charge < -0.3 is 19.5 Å². The average Bonchev–Trinajstić information content (AvgIpc) is 3.20. The lowest BCUT2D eigenvalue weighted by Gasteiger charge is -2.55. The molecule has 3 fully saturated rings. The number of hydrogen-bond acceptors (Lipinski definition) is 3. The Hall–Kier alpha value is -1.82. The molecule has 4 rings (SSSR count). The van der Waals surface area contributed by atoms with Gasteiger partial charge in [0.15, 0.2) is 0 Å². The van der Waals surface area contributed by atoms with Gasteiger partial charge in [0.2, 0.25) is 0 Å². The lowest BCUT2D eigenvalue weighted by Crippen LogP contribution is -2.72. The van der Waals surface area contributed by atoms with Gasteiger partial charge in [0.1, 0.15) is 11.3 Å². The van der Waals surface area contributed by atoms with Crippen molar-refractivity contribution in [1.29, 1.82) is 0 Å². The van der Waals surface area contributed by atoms with Crippen LogP contribution in [0.25, 0.3) is 0 Å². The van der Waals surface area contributed by atoms with Gasteiger partial charge in [0.05, 0.1) is 12.6 Å². The van der Waals surface area contributed by atoms with Gasteiger partial charge in [-0.3, -0.25) is 4.79 Å². The minimum absolute atomic E-state index is 0.112. The number of anilines is 1. The number of rotatable bonds is 3. The molecule has 2 amide bonds. The average molecular weight is 317 g/mol. The number of ether oxygens (including phenoxy) is 1. The third-order valence-corrected chi connectivity index (χ3v) is 5.38. The number of carbonyl (C=O) groups excluding carboxylic acids is 1. The summed E-state index contributed by atoms with van der Waals surface area (Å²) >= 11 is 0. The van der Waals surface area contributed by atoms with Crippen molar-refractivity contribution in [2.45, 2.75) is 50.8 Å². The molecule has 23 heavy (non-hydrogen) atoms. The maximum atomic E-state index is 12.6. The number of urea groups is 1. The highest BCUT2D eigenvalue weighted by molar-refractivity contribution is 5.90. The highest BCUT2D eigenvalue weighted by atomic mass is 16.5. The molecule has 2 aliphatic heterocycles. The van der Waals surface area contributed by atoms with E-state index >= 15 is 0 Å². The van der Waals surface area contributed by atoms with Crippen LogP contribution in [0, 0.1) is 5.92 Å². The fraction of sp³-hybridized carbons (Fsp3) is 0.647. The van der Waals surface area contributed by atoms with Crippen molar-refractivity contribution in [2.75, 3.05) is 18.5 Å². The first kappa shape index (κ1) is 14.8. The molecule has 1 aliphatic carbocycles. The molecular formula is C17H23N3O3. The van der Waals surface area contributed by atoms with Gasteiger partial charge in [-0.05, 0) is 50.7 Å². The Balaban J connectivity index is 1.51. The summed E-state index contributed by atoms with van der Waals surface area (Å²) in [6.45, 7) is 3.95. The van der Waals surface area contributed by atoms with E-state index in [4.69, 9.17) is 4.74 Å². The van der Waals surface area contributed by atoms with E-state index in [1.54, 1.807) is 22.9 Å². The molecule has 1 saturated carbocycles. The molecule has 1 N–H and O–H groups in total. The van der Waals surface area contributed by atoms with E-state index in [1.165, 1.54) is 12.8 Å². The zero-order chi connectivity index (χ0) is 16.0. The number of pyridine rings is 1. The summed E-state index contributed by atoms with van der Waals surface area (Å²) in [7, 11) is 0. The molecule has 2 unspecified atom stereocenters. The Morgan fingerprint density at radius 3 is 2.96 bits per heavy atom. The Kier molecular flexibility index (Phi) is 3.44. The first-order valence-electron chi connectivity index (χ1n) is 8.56. The van der Waals surface area contributed by atoms with Crippen LogP contribution in [-0.4, -0.2) is 40.3 Å². The summed E-state index contributed by atoms with van der Waals surface area (Å²) in [6, 6.07) is 3.47. The fourth-order valence-electron chi connectivity index (χ4n) is 4.09. The molecule has 1 aromatic heterocycles. The molecule has 2 atom stereocenters. The van der Waals surface area contributed by atoms with Gasteiger partial charge in [0, 0.05) is 19.3 Å². The van der Waals surface area contributed by atoms with Gasteiger partial charge in [-0.1, -0.05) is 0 Å². The summed E-state index contributed by atoms with van der Waals surface area (Å²) < 4.78 is 7.58. The van der Waals surface area contributed by atoms with E-state index < -0.39 is 0 Å². The van der Waals surface area contributed by atoms with Crippen LogP contribution in [0.5, 0.6) is 0 Å². The lowest BCUT2D eigenvalue weighted by molar-refractivity contribution is -0.145.